The molecule has 1 heterocycles. The van der Waals surface area contributed by atoms with Gasteiger partial charge in [0.15, 0.2) is 0 Å². The maximum absolute atomic E-state index is 13.1. The lowest BCUT2D eigenvalue weighted by atomic mass is 9.73. The predicted molar refractivity (Wildman–Crippen MR) is 94.1 cm³/mol. The van der Waals surface area contributed by atoms with E-state index in [4.69, 9.17) is 0 Å². The molecule has 0 unspecified atom stereocenters. The number of piperidine rings is 1. The molecule has 1 aliphatic rings. The van der Waals surface area contributed by atoms with Gasteiger partial charge in [-0.2, -0.15) is 0 Å². The third-order valence-electron chi connectivity index (χ3n) is 5.09. The summed E-state index contributed by atoms with van der Waals surface area (Å²) in [6.45, 7) is 4.24. The smallest absolute Gasteiger partial charge is 0.142 e. The van der Waals surface area contributed by atoms with Gasteiger partial charge in [0.2, 0.25) is 0 Å². The van der Waals surface area contributed by atoms with Gasteiger partial charge in [0.05, 0.1) is 0 Å². The minimum absolute atomic E-state index is 0.0577. The van der Waals surface area contributed by atoms with E-state index in [1.54, 1.807) is 0 Å². The minimum atomic E-state index is 0.0577. The second kappa shape index (κ2) is 7.10. The van der Waals surface area contributed by atoms with Crippen molar-refractivity contribution >= 4 is 5.78 Å². The van der Waals surface area contributed by atoms with Crippen LogP contribution < -0.4 is 5.32 Å². The van der Waals surface area contributed by atoms with E-state index in [1.807, 2.05) is 12.1 Å². The molecular formula is C21H25NO. The Morgan fingerprint density at radius 2 is 1.13 bits per heavy atom. The number of Topliss-reactive ketones (excluding diaryl/α,β-unsaturated/α-hetero) is 1. The number of carbonyl (C=O) groups is 1. The zero-order valence-electron chi connectivity index (χ0n) is 13.9. The average Bonchev–Trinajstić information content (AvgIpc) is 2.62. The summed E-state index contributed by atoms with van der Waals surface area (Å²) < 4.78 is 0. The van der Waals surface area contributed by atoms with E-state index in [0.717, 1.165) is 12.8 Å². The van der Waals surface area contributed by atoms with E-state index >= 15 is 0 Å². The highest BCUT2D eigenvalue weighted by Crippen LogP contribution is 2.40. The Labute approximate surface area is 138 Å². The first kappa shape index (κ1) is 15.9. The highest BCUT2D eigenvalue weighted by molar-refractivity contribution is 5.86. The minimum Gasteiger partial charge on any atom is -0.302 e. The molecule has 1 saturated heterocycles. The summed E-state index contributed by atoms with van der Waals surface area (Å²) in [7, 11) is 0. The number of rotatable bonds is 4. The largest absolute Gasteiger partial charge is 0.302 e. The number of ketones is 1. The van der Waals surface area contributed by atoms with Crippen molar-refractivity contribution in [2.45, 2.75) is 38.8 Å². The summed E-state index contributed by atoms with van der Waals surface area (Å²) in [6, 6.07) is 21.0. The van der Waals surface area contributed by atoms with Gasteiger partial charge >= 0.3 is 0 Å². The third-order valence-corrected chi connectivity index (χ3v) is 5.09. The Balaban J connectivity index is 1.99. The van der Waals surface area contributed by atoms with Gasteiger partial charge in [-0.25, -0.2) is 0 Å². The topological polar surface area (TPSA) is 29.1 Å². The van der Waals surface area contributed by atoms with Crippen LogP contribution >= 0.6 is 0 Å². The van der Waals surface area contributed by atoms with Crippen molar-refractivity contribution in [2.75, 3.05) is 0 Å². The van der Waals surface area contributed by atoms with E-state index in [-0.39, 0.29) is 23.9 Å². The van der Waals surface area contributed by atoms with Gasteiger partial charge in [-0.05, 0) is 24.0 Å². The van der Waals surface area contributed by atoms with Gasteiger partial charge in [-0.1, -0.05) is 74.5 Å². The van der Waals surface area contributed by atoms with Gasteiger partial charge in [-0.15, -0.1) is 0 Å². The van der Waals surface area contributed by atoms with Crippen LogP contribution in [0.5, 0.6) is 0 Å². The monoisotopic (exact) mass is 307 g/mol. The number of benzene rings is 2. The fourth-order valence-corrected chi connectivity index (χ4v) is 3.88. The normalized spacial score (nSPS) is 27.8. The van der Waals surface area contributed by atoms with E-state index in [1.165, 1.54) is 11.1 Å². The highest BCUT2D eigenvalue weighted by Gasteiger charge is 2.42. The molecule has 4 atom stereocenters. The Morgan fingerprint density at radius 1 is 0.739 bits per heavy atom. The molecule has 23 heavy (non-hydrogen) atoms. The molecule has 2 aromatic carbocycles. The first-order chi connectivity index (χ1) is 11.3. The highest BCUT2D eigenvalue weighted by atomic mass is 16.1. The molecule has 1 fully saturated rings. The van der Waals surface area contributed by atoms with Gasteiger partial charge in [0.25, 0.3) is 0 Å². The molecule has 0 aromatic heterocycles. The van der Waals surface area contributed by atoms with Gasteiger partial charge in [-0.3, -0.25) is 4.79 Å². The molecule has 2 aromatic rings. The fraction of sp³-hybridized carbons (Fsp3) is 0.381. The predicted octanol–water partition coefficient (Wildman–Crippen LogP) is 4.69. The van der Waals surface area contributed by atoms with Crippen LogP contribution in [0.1, 0.15) is 49.9 Å². The van der Waals surface area contributed by atoms with Crippen LogP contribution in [0.4, 0.5) is 0 Å². The van der Waals surface area contributed by atoms with E-state index in [0.29, 0.717) is 5.78 Å². The van der Waals surface area contributed by atoms with Crippen molar-refractivity contribution in [3.8, 4) is 0 Å². The van der Waals surface area contributed by atoms with Gasteiger partial charge < -0.3 is 5.32 Å². The molecular weight excluding hydrogens is 282 g/mol. The molecule has 0 spiro atoms. The van der Waals surface area contributed by atoms with E-state index in [9.17, 15) is 4.79 Å². The quantitative estimate of drug-likeness (QED) is 0.887. The van der Waals surface area contributed by atoms with Crippen LogP contribution in [-0.2, 0) is 4.79 Å². The summed E-state index contributed by atoms with van der Waals surface area (Å²) in [5.41, 5.74) is 2.42. The molecule has 120 valence electrons. The number of nitrogens with one attached hydrogen (secondary N) is 1. The molecule has 0 saturated carbocycles. The van der Waals surface area contributed by atoms with E-state index < -0.39 is 0 Å². The first-order valence-electron chi connectivity index (χ1n) is 8.65. The number of hydrogen-bond donors (Lipinski definition) is 1. The van der Waals surface area contributed by atoms with Crippen LogP contribution in [0.2, 0.25) is 0 Å². The summed E-state index contributed by atoms with van der Waals surface area (Å²) in [4.78, 5) is 13.1. The second-order valence-corrected chi connectivity index (χ2v) is 6.38. The van der Waals surface area contributed by atoms with Gasteiger partial charge in [0, 0.05) is 23.9 Å². The lowest BCUT2D eigenvalue weighted by Crippen LogP contribution is -2.48. The van der Waals surface area contributed by atoms with Crippen molar-refractivity contribution in [1.29, 1.82) is 0 Å². The summed E-state index contributed by atoms with van der Waals surface area (Å²) in [5.74, 6) is 0.529. The summed E-state index contributed by atoms with van der Waals surface area (Å²) in [6.07, 6.45) is 1.76. The van der Waals surface area contributed by atoms with Gasteiger partial charge in [0.1, 0.15) is 5.78 Å². The zero-order chi connectivity index (χ0) is 16.2. The van der Waals surface area contributed by atoms with Crippen molar-refractivity contribution in [3.05, 3.63) is 71.8 Å². The molecule has 0 aliphatic carbocycles. The van der Waals surface area contributed by atoms with Crippen molar-refractivity contribution in [3.63, 3.8) is 0 Å². The van der Waals surface area contributed by atoms with Crippen molar-refractivity contribution in [1.82, 2.24) is 5.32 Å². The van der Waals surface area contributed by atoms with Crippen LogP contribution in [0.25, 0.3) is 0 Å². The Bertz CT molecular complexity index is 582. The molecule has 0 bridgehead atoms. The zero-order valence-corrected chi connectivity index (χ0v) is 13.9. The molecule has 0 amide bonds. The molecule has 0 radical (unpaired) electrons. The molecule has 2 nitrogen and oxygen atoms in total. The Hall–Kier alpha value is -1.93. The Kier molecular flexibility index (Phi) is 4.92. The fourth-order valence-electron chi connectivity index (χ4n) is 3.88. The average molecular weight is 307 g/mol. The van der Waals surface area contributed by atoms with Crippen molar-refractivity contribution in [2.24, 2.45) is 11.8 Å². The molecule has 3 rings (SSSR count). The SMILES string of the molecule is CC[C@@H]1C(=O)[C@H](CC)[C@H](c2ccccc2)N[C@H]1c1ccccc1. The summed E-state index contributed by atoms with van der Waals surface area (Å²) in [5, 5.41) is 3.80. The maximum atomic E-state index is 13.1. The number of hydrogen-bond acceptors (Lipinski definition) is 2. The van der Waals surface area contributed by atoms with Crippen molar-refractivity contribution < 1.29 is 4.79 Å². The second-order valence-electron chi connectivity index (χ2n) is 6.38. The lowest BCUT2D eigenvalue weighted by molar-refractivity contribution is -0.132. The molecule has 1 aliphatic heterocycles. The Morgan fingerprint density at radius 3 is 1.48 bits per heavy atom. The first-order valence-corrected chi connectivity index (χ1v) is 8.65. The van der Waals surface area contributed by atoms with Crippen LogP contribution in [0, 0.1) is 11.8 Å². The van der Waals surface area contributed by atoms with Crippen LogP contribution in [0.15, 0.2) is 60.7 Å². The molecule has 1 N–H and O–H groups in total. The van der Waals surface area contributed by atoms with Crippen LogP contribution in [-0.4, -0.2) is 5.78 Å². The maximum Gasteiger partial charge on any atom is 0.142 e. The third kappa shape index (κ3) is 3.09. The van der Waals surface area contributed by atoms with Crippen LogP contribution in [0.3, 0.4) is 0 Å². The standard InChI is InChI=1S/C21H25NO/c1-3-17-19(15-11-7-5-8-12-15)22-20(18(4-2)21(17)23)16-13-9-6-10-14-16/h5-14,17-20,22H,3-4H2,1-2H3/t17-,18+,19-,20-/m0/s1. The summed E-state index contributed by atoms with van der Waals surface area (Å²) >= 11 is 0. The lowest BCUT2D eigenvalue weighted by Gasteiger charge is -2.41. The van der Waals surface area contributed by atoms with E-state index in [2.05, 4.69) is 67.7 Å². The number of carbonyl (C=O) groups excluding carboxylic acids is 1. The molecule has 2 heteroatoms.